The van der Waals surface area contributed by atoms with Crippen LogP contribution in [0.3, 0.4) is 0 Å². The van der Waals surface area contributed by atoms with Crippen LogP contribution in [0.25, 0.3) is 0 Å². The molecule has 3 N–H and O–H groups in total. The number of aromatic hydroxyl groups is 2. The molecule has 0 amide bonds. The Balaban J connectivity index is 2.17. The molecule has 3 heteroatoms. The minimum Gasteiger partial charge on any atom is -0.507 e. The highest BCUT2D eigenvalue weighted by molar-refractivity contribution is 5.52. The summed E-state index contributed by atoms with van der Waals surface area (Å²) in [4.78, 5) is 0. The van der Waals surface area contributed by atoms with Crippen molar-refractivity contribution in [2.24, 2.45) is 0 Å². The third-order valence-electron chi connectivity index (χ3n) is 3.45. The molecule has 0 radical (unpaired) electrons. The first kappa shape index (κ1) is 14.3. The second kappa shape index (κ2) is 5.87. The van der Waals surface area contributed by atoms with Gasteiger partial charge in [-0.2, -0.15) is 0 Å². The fourth-order valence-electron chi connectivity index (χ4n) is 2.27. The molecule has 1 atom stereocenters. The van der Waals surface area contributed by atoms with E-state index in [1.54, 1.807) is 18.2 Å². The fraction of sp³-hybridized carbons (Fsp3) is 0.294. The number of anilines is 1. The molecular weight excluding hydrogens is 250 g/mol. The number of phenols is 2. The average molecular weight is 271 g/mol. The predicted molar refractivity (Wildman–Crippen MR) is 82.3 cm³/mol. The molecule has 0 aliphatic carbocycles. The van der Waals surface area contributed by atoms with Gasteiger partial charge in [0.05, 0.1) is 11.6 Å². The van der Waals surface area contributed by atoms with Gasteiger partial charge < -0.3 is 15.5 Å². The summed E-state index contributed by atoms with van der Waals surface area (Å²) in [5.41, 5.74) is 2.76. The SMILES string of the molecule is CC(C)c1ccc(NC(C)c2c(O)cccc2O)cc1. The molecule has 0 aliphatic heterocycles. The number of benzene rings is 2. The third-order valence-corrected chi connectivity index (χ3v) is 3.45. The van der Waals surface area contributed by atoms with E-state index in [0.29, 0.717) is 11.5 Å². The summed E-state index contributed by atoms with van der Waals surface area (Å²) in [5.74, 6) is 0.705. The zero-order chi connectivity index (χ0) is 14.7. The van der Waals surface area contributed by atoms with Gasteiger partial charge in [0, 0.05) is 5.69 Å². The highest BCUT2D eigenvalue weighted by Gasteiger charge is 2.14. The van der Waals surface area contributed by atoms with Crippen LogP contribution in [0.15, 0.2) is 42.5 Å². The Kier molecular flexibility index (Phi) is 4.18. The van der Waals surface area contributed by atoms with E-state index < -0.39 is 0 Å². The standard InChI is InChI=1S/C17H21NO2/c1-11(2)13-7-9-14(10-8-13)18-12(3)17-15(19)5-4-6-16(17)20/h4-12,18-20H,1-3H3. The Morgan fingerprint density at radius 1 is 0.850 bits per heavy atom. The molecule has 2 rings (SSSR count). The van der Waals surface area contributed by atoms with Gasteiger partial charge in [-0.05, 0) is 42.7 Å². The normalized spacial score (nSPS) is 12.4. The number of rotatable bonds is 4. The lowest BCUT2D eigenvalue weighted by atomic mass is 10.0. The van der Waals surface area contributed by atoms with Crippen molar-refractivity contribution in [3.05, 3.63) is 53.6 Å². The van der Waals surface area contributed by atoms with Crippen LogP contribution >= 0.6 is 0 Å². The second-order valence-electron chi connectivity index (χ2n) is 5.35. The quantitative estimate of drug-likeness (QED) is 0.772. The van der Waals surface area contributed by atoms with Gasteiger partial charge >= 0.3 is 0 Å². The summed E-state index contributed by atoms with van der Waals surface area (Å²) in [5, 5.41) is 23.0. The highest BCUT2D eigenvalue weighted by Crippen LogP contribution is 2.34. The molecule has 2 aromatic carbocycles. The molecule has 2 aromatic rings. The second-order valence-corrected chi connectivity index (χ2v) is 5.35. The van der Waals surface area contributed by atoms with Crippen LogP contribution in [0, 0.1) is 0 Å². The van der Waals surface area contributed by atoms with Crippen molar-refractivity contribution in [1.82, 2.24) is 0 Å². The van der Waals surface area contributed by atoms with Crippen molar-refractivity contribution < 1.29 is 10.2 Å². The first-order valence-corrected chi connectivity index (χ1v) is 6.86. The van der Waals surface area contributed by atoms with Crippen LogP contribution in [-0.2, 0) is 0 Å². The molecule has 20 heavy (non-hydrogen) atoms. The first-order chi connectivity index (χ1) is 9.49. The van der Waals surface area contributed by atoms with E-state index in [0.717, 1.165) is 5.69 Å². The van der Waals surface area contributed by atoms with Crippen molar-refractivity contribution in [2.75, 3.05) is 5.32 Å². The maximum atomic E-state index is 9.86. The summed E-state index contributed by atoms with van der Waals surface area (Å²) < 4.78 is 0. The van der Waals surface area contributed by atoms with Crippen LogP contribution < -0.4 is 5.32 Å². The molecule has 0 fully saturated rings. The lowest BCUT2D eigenvalue weighted by molar-refractivity contribution is 0.434. The van der Waals surface area contributed by atoms with Crippen LogP contribution in [-0.4, -0.2) is 10.2 Å². The lowest BCUT2D eigenvalue weighted by Crippen LogP contribution is -2.07. The summed E-state index contributed by atoms with van der Waals surface area (Å²) in [6.07, 6.45) is 0. The Morgan fingerprint density at radius 3 is 1.90 bits per heavy atom. The Bertz CT molecular complexity index is 556. The molecule has 3 nitrogen and oxygen atoms in total. The van der Waals surface area contributed by atoms with Crippen LogP contribution in [0.4, 0.5) is 5.69 Å². The van der Waals surface area contributed by atoms with E-state index in [-0.39, 0.29) is 17.5 Å². The van der Waals surface area contributed by atoms with Gasteiger partial charge in [0.1, 0.15) is 11.5 Å². The lowest BCUT2D eigenvalue weighted by Gasteiger charge is -2.18. The molecule has 0 bridgehead atoms. The van der Waals surface area contributed by atoms with Crippen LogP contribution in [0.2, 0.25) is 0 Å². The first-order valence-electron chi connectivity index (χ1n) is 6.86. The Labute approximate surface area is 119 Å². The van der Waals surface area contributed by atoms with Gasteiger partial charge in [0.15, 0.2) is 0 Å². The van der Waals surface area contributed by atoms with Crippen molar-refractivity contribution in [2.45, 2.75) is 32.7 Å². The Morgan fingerprint density at radius 2 is 1.40 bits per heavy atom. The third kappa shape index (κ3) is 3.05. The average Bonchev–Trinajstić information content (AvgIpc) is 2.39. The van der Waals surface area contributed by atoms with E-state index >= 15 is 0 Å². The largest absolute Gasteiger partial charge is 0.507 e. The maximum absolute atomic E-state index is 9.86. The van der Waals surface area contributed by atoms with Crippen molar-refractivity contribution in [1.29, 1.82) is 0 Å². The van der Waals surface area contributed by atoms with Crippen LogP contribution in [0.5, 0.6) is 11.5 Å². The molecule has 0 aromatic heterocycles. The monoisotopic (exact) mass is 271 g/mol. The summed E-state index contributed by atoms with van der Waals surface area (Å²) >= 11 is 0. The minimum atomic E-state index is -0.180. The van der Waals surface area contributed by atoms with Crippen molar-refractivity contribution in [3.8, 4) is 11.5 Å². The van der Waals surface area contributed by atoms with Gasteiger partial charge in [0.25, 0.3) is 0 Å². The maximum Gasteiger partial charge on any atom is 0.124 e. The van der Waals surface area contributed by atoms with E-state index in [9.17, 15) is 10.2 Å². The smallest absolute Gasteiger partial charge is 0.124 e. The molecule has 0 heterocycles. The van der Waals surface area contributed by atoms with Gasteiger partial charge in [-0.25, -0.2) is 0 Å². The highest BCUT2D eigenvalue weighted by atomic mass is 16.3. The van der Waals surface area contributed by atoms with Crippen LogP contribution in [0.1, 0.15) is 43.9 Å². The van der Waals surface area contributed by atoms with Crippen molar-refractivity contribution >= 4 is 5.69 Å². The molecule has 0 aliphatic rings. The van der Waals surface area contributed by atoms with Gasteiger partial charge in [-0.1, -0.05) is 32.0 Å². The zero-order valence-electron chi connectivity index (χ0n) is 12.1. The summed E-state index contributed by atoms with van der Waals surface area (Å²) in [7, 11) is 0. The molecule has 0 spiro atoms. The van der Waals surface area contributed by atoms with Gasteiger partial charge in [-0.15, -0.1) is 0 Å². The van der Waals surface area contributed by atoms with Gasteiger partial charge in [0.2, 0.25) is 0 Å². The number of nitrogens with one attached hydrogen (secondary N) is 1. The number of phenolic OH excluding ortho intramolecular Hbond substituents is 2. The molecule has 0 saturated carbocycles. The Hall–Kier alpha value is -2.16. The topological polar surface area (TPSA) is 52.5 Å². The zero-order valence-corrected chi connectivity index (χ0v) is 12.1. The van der Waals surface area contributed by atoms with E-state index in [1.807, 2.05) is 19.1 Å². The van der Waals surface area contributed by atoms with Gasteiger partial charge in [-0.3, -0.25) is 0 Å². The molecular formula is C17H21NO2. The fourth-order valence-corrected chi connectivity index (χ4v) is 2.27. The van der Waals surface area contributed by atoms with Crippen molar-refractivity contribution in [3.63, 3.8) is 0 Å². The summed E-state index contributed by atoms with van der Waals surface area (Å²) in [6.45, 7) is 6.22. The molecule has 1 unspecified atom stereocenters. The molecule has 106 valence electrons. The van der Waals surface area contributed by atoms with E-state index in [4.69, 9.17) is 0 Å². The summed E-state index contributed by atoms with van der Waals surface area (Å²) in [6, 6.07) is 12.8. The van der Waals surface area contributed by atoms with E-state index in [2.05, 4.69) is 31.3 Å². The predicted octanol–water partition coefficient (Wildman–Crippen LogP) is 4.39. The number of hydrogen-bond acceptors (Lipinski definition) is 3. The molecule has 0 saturated heterocycles. The number of hydrogen-bond donors (Lipinski definition) is 3. The van der Waals surface area contributed by atoms with E-state index in [1.165, 1.54) is 5.56 Å². The minimum absolute atomic E-state index is 0.101.